The molecular formula is C15H21NO2. The number of carbonyl (C=O) groups is 1. The molecule has 18 heavy (non-hydrogen) atoms. The standard InChI is InChI=1S/C15H21NO2/c1-10(2)11-4-6-12(7-5-11)13(16)15(8-9-15)14(17)18-3/h4-7,10,13H,8-9,16H2,1-3H3. The minimum atomic E-state index is -0.478. The Labute approximate surface area is 108 Å². The van der Waals surface area contributed by atoms with E-state index in [9.17, 15) is 4.79 Å². The molecule has 3 nitrogen and oxygen atoms in total. The van der Waals surface area contributed by atoms with Crippen molar-refractivity contribution < 1.29 is 9.53 Å². The van der Waals surface area contributed by atoms with Gasteiger partial charge in [-0.2, -0.15) is 0 Å². The Kier molecular flexibility index (Phi) is 3.44. The van der Waals surface area contributed by atoms with Gasteiger partial charge in [0.25, 0.3) is 0 Å². The second-order valence-electron chi connectivity index (χ2n) is 5.45. The first kappa shape index (κ1) is 13.1. The maximum Gasteiger partial charge on any atom is 0.313 e. The average molecular weight is 247 g/mol. The van der Waals surface area contributed by atoms with Crippen LogP contribution >= 0.6 is 0 Å². The maximum atomic E-state index is 11.8. The predicted molar refractivity (Wildman–Crippen MR) is 71.1 cm³/mol. The smallest absolute Gasteiger partial charge is 0.313 e. The molecule has 3 heteroatoms. The fourth-order valence-corrected chi connectivity index (χ4v) is 2.39. The van der Waals surface area contributed by atoms with Crippen LogP contribution in [-0.4, -0.2) is 13.1 Å². The van der Waals surface area contributed by atoms with Crippen LogP contribution in [0.4, 0.5) is 0 Å². The molecule has 0 saturated heterocycles. The zero-order valence-electron chi connectivity index (χ0n) is 11.3. The number of hydrogen-bond acceptors (Lipinski definition) is 3. The lowest BCUT2D eigenvalue weighted by molar-refractivity contribution is -0.148. The summed E-state index contributed by atoms with van der Waals surface area (Å²) in [6.45, 7) is 4.32. The Hall–Kier alpha value is -1.35. The van der Waals surface area contributed by atoms with Crippen LogP contribution in [0.5, 0.6) is 0 Å². The quantitative estimate of drug-likeness (QED) is 0.832. The second-order valence-corrected chi connectivity index (χ2v) is 5.45. The lowest BCUT2D eigenvalue weighted by Crippen LogP contribution is -2.31. The van der Waals surface area contributed by atoms with Crippen LogP contribution in [0, 0.1) is 5.41 Å². The lowest BCUT2D eigenvalue weighted by Gasteiger charge is -2.21. The number of hydrogen-bond donors (Lipinski definition) is 1. The number of nitrogens with two attached hydrogens (primary N) is 1. The van der Waals surface area contributed by atoms with Crippen molar-refractivity contribution in [1.82, 2.24) is 0 Å². The molecular weight excluding hydrogens is 226 g/mol. The van der Waals surface area contributed by atoms with Crippen LogP contribution in [0.1, 0.15) is 49.8 Å². The van der Waals surface area contributed by atoms with Crippen molar-refractivity contribution in [2.45, 2.75) is 38.6 Å². The third-order valence-electron chi connectivity index (χ3n) is 3.94. The van der Waals surface area contributed by atoms with E-state index >= 15 is 0 Å². The molecule has 0 aliphatic heterocycles. The molecule has 0 heterocycles. The molecule has 0 aromatic heterocycles. The van der Waals surface area contributed by atoms with E-state index in [2.05, 4.69) is 26.0 Å². The fraction of sp³-hybridized carbons (Fsp3) is 0.533. The van der Waals surface area contributed by atoms with Crippen molar-refractivity contribution in [2.24, 2.45) is 11.1 Å². The molecule has 1 aliphatic carbocycles. The van der Waals surface area contributed by atoms with Crippen LogP contribution < -0.4 is 5.73 Å². The average Bonchev–Trinajstić information content (AvgIpc) is 3.18. The zero-order chi connectivity index (χ0) is 13.3. The highest BCUT2D eigenvalue weighted by Gasteiger charge is 2.56. The highest BCUT2D eigenvalue weighted by Crippen LogP contribution is 2.54. The minimum absolute atomic E-state index is 0.178. The summed E-state index contributed by atoms with van der Waals surface area (Å²) >= 11 is 0. The Morgan fingerprint density at radius 1 is 1.22 bits per heavy atom. The molecule has 1 unspecified atom stereocenters. The van der Waals surface area contributed by atoms with Gasteiger partial charge in [0.1, 0.15) is 0 Å². The summed E-state index contributed by atoms with van der Waals surface area (Å²) < 4.78 is 4.86. The Balaban J connectivity index is 2.19. The SMILES string of the molecule is COC(=O)C1(C(N)c2ccc(C(C)C)cc2)CC1. The minimum Gasteiger partial charge on any atom is -0.469 e. The van der Waals surface area contributed by atoms with Gasteiger partial charge in [-0.3, -0.25) is 4.79 Å². The molecule has 1 aromatic carbocycles. The van der Waals surface area contributed by atoms with Crippen LogP contribution in [-0.2, 0) is 9.53 Å². The molecule has 1 fully saturated rings. The van der Waals surface area contributed by atoms with Crippen LogP contribution in [0.2, 0.25) is 0 Å². The van der Waals surface area contributed by atoms with Gasteiger partial charge in [-0.15, -0.1) is 0 Å². The first-order valence-corrected chi connectivity index (χ1v) is 6.45. The van der Waals surface area contributed by atoms with Gasteiger partial charge in [-0.1, -0.05) is 38.1 Å². The van der Waals surface area contributed by atoms with Crippen molar-refractivity contribution in [1.29, 1.82) is 0 Å². The third-order valence-corrected chi connectivity index (χ3v) is 3.94. The summed E-state index contributed by atoms with van der Waals surface area (Å²) in [5.74, 6) is 0.328. The van der Waals surface area contributed by atoms with Crippen molar-refractivity contribution in [3.05, 3.63) is 35.4 Å². The number of esters is 1. The van der Waals surface area contributed by atoms with Gasteiger partial charge in [0, 0.05) is 6.04 Å². The van der Waals surface area contributed by atoms with Gasteiger partial charge >= 0.3 is 5.97 Å². The number of methoxy groups -OCH3 is 1. The molecule has 1 aliphatic rings. The summed E-state index contributed by atoms with van der Waals surface area (Å²) in [4.78, 5) is 11.8. The van der Waals surface area contributed by atoms with Gasteiger partial charge in [-0.05, 0) is 29.9 Å². The highest BCUT2D eigenvalue weighted by atomic mass is 16.5. The van der Waals surface area contributed by atoms with E-state index in [0.717, 1.165) is 18.4 Å². The first-order chi connectivity index (χ1) is 8.51. The van der Waals surface area contributed by atoms with Gasteiger partial charge in [0.05, 0.1) is 12.5 Å². The molecule has 0 amide bonds. The molecule has 2 N–H and O–H groups in total. The number of carbonyl (C=O) groups excluding carboxylic acids is 1. The monoisotopic (exact) mass is 247 g/mol. The van der Waals surface area contributed by atoms with E-state index in [0.29, 0.717) is 5.92 Å². The van der Waals surface area contributed by atoms with Crippen LogP contribution in [0.15, 0.2) is 24.3 Å². The van der Waals surface area contributed by atoms with Gasteiger partial charge in [-0.25, -0.2) is 0 Å². The van der Waals surface area contributed by atoms with Crippen molar-refractivity contribution >= 4 is 5.97 Å². The molecule has 0 radical (unpaired) electrons. The van der Waals surface area contributed by atoms with E-state index in [1.54, 1.807) is 0 Å². The summed E-state index contributed by atoms with van der Waals surface area (Å²) in [5.41, 5.74) is 8.06. The summed E-state index contributed by atoms with van der Waals surface area (Å²) in [5, 5.41) is 0. The topological polar surface area (TPSA) is 52.3 Å². The summed E-state index contributed by atoms with van der Waals surface area (Å²) in [6, 6.07) is 7.98. The van der Waals surface area contributed by atoms with Gasteiger partial charge in [0.2, 0.25) is 0 Å². The highest BCUT2D eigenvalue weighted by molar-refractivity contribution is 5.81. The molecule has 1 saturated carbocycles. The van der Waals surface area contributed by atoms with Crippen molar-refractivity contribution in [3.63, 3.8) is 0 Å². The van der Waals surface area contributed by atoms with E-state index < -0.39 is 5.41 Å². The predicted octanol–water partition coefficient (Wildman–Crippen LogP) is 2.76. The van der Waals surface area contributed by atoms with E-state index in [-0.39, 0.29) is 12.0 Å². The van der Waals surface area contributed by atoms with Crippen LogP contribution in [0.3, 0.4) is 0 Å². The molecule has 2 rings (SSSR count). The number of benzene rings is 1. The van der Waals surface area contributed by atoms with Gasteiger partial charge in [0.15, 0.2) is 0 Å². The Morgan fingerprint density at radius 2 is 1.72 bits per heavy atom. The Bertz CT molecular complexity index is 432. The zero-order valence-corrected chi connectivity index (χ0v) is 11.3. The largest absolute Gasteiger partial charge is 0.469 e. The third kappa shape index (κ3) is 2.15. The summed E-state index contributed by atoms with van der Waals surface area (Å²) in [6.07, 6.45) is 1.65. The van der Waals surface area contributed by atoms with Crippen molar-refractivity contribution in [2.75, 3.05) is 7.11 Å². The molecule has 1 atom stereocenters. The normalized spacial score (nSPS) is 18.5. The summed E-state index contributed by atoms with van der Waals surface area (Å²) in [7, 11) is 1.43. The maximum absolute atomic E-state index is 11.8. The van der Waals surface area contributed by atoms with Crippen molar-refractivity contribution in [3.8, 4) is 0 Å². The number of rotatable bonds is 4. The molecule has 0 spiro atoms. The van der Waals surface area contributed by atoms with E-state index in [4.69, 9.17) is 10.5 Å². The molecule has 0 bridgehead atoms. The number of ether oxygens (including phenoxy) is 1. The first-order valence-electron chi connectivity index (χ1n) is 6.45. The molecule has 98 valence electrons. The molecule has 1 aromatic rings. The fourth-order valence-electron chi connectivity index (χ4n) is 2.39. The van der Waals surface area contributed by atoms with Crippen LogP contribution in [0.25, 0.3) is 0 Å². The second kappa shape index (κ2) is 4.73. The lowest BCUT2D eigenvalue weighted by atomic mass is 9.89. The van der Waals surface area contributed by atoms with E-state index in [1.165, 1.54) is 12.7 Å². The van der Waals surface area contributed by atoms with Gasteiger partial charge < -0.3 is 10.5 Å². The Morgan fingerprint density at radius 3 is 2.11 bits per heavy atom. The van der Waals surface area contributed by atoms with E-state index in [1.807, 2.05) is 12.1 Å².